The van der Waals surface area contributed by atoms with Gasteiger partial charge in [-0.2, -0.15) is 0 Å². The van der Waals surface area contributed by atoms with E-state index >= 15 is 0 Å². The van der Waals surface area contributed by atoms with E-state index in [4.69, 9.17) is 16.6 Å². The molecule has 0 aliphatic carbocycles. The Morgan fingerprint density at radius 3 is 2.62 bits per heavy atom. The monoisotopic (exact) mass is 429 g/mol. The number of thiocarbonyl (C=S) groups is 1. The minimum Gasteiger partial charge on any atom is -0.507 e. The van der Waals surface area contributed by atoms with Crippen molar-refractivity contribution in [1.29, 1.82) is 0 Å². The molecule has 1 aromatic carbocycles. The van der Waals surface area contributed by atoms with E-state index in [0.717, 1.165) is 0 Å². The Morgan fingerprint density at radius 1 is 1.42 bits per heavy atom. The lowest BCUT2D eigenvalue weighted by Gasteiger charge is -2.17. The lowest BCUT2D eigenvalue weighted by Crippen LogP contribution is -2.23. The van der Waals surface area contributed by atoms with Gasteiger partial charge in [0.1, 0.15) is 20.1 Å². The summed E-state index contributed by atoms with van der Waals surface area (Å²) in [6.07, 6.45) is 0. The molecule has 2 aromatic rings. The number of phenols is 1. The third-order valence-corrected chi connectivity index (χ3v) is 6.21. The van der Waals surface area contributed by atoms with Crippen LogP contribution < -0.4 is 5.63 Å². The highest BCUT2D eigenvalue weighted by molar-refractivity contribution is 9.10. The third kappa shape index (κ3) is 3.50. The number of carbonyl (C=O) groups excluding carboxylic acids is 1. The molecule has 1 unspecified atom stereocenters. The van der Waals surface area contributed by atoms with Crippen molar-refractivity contribution in [2.75, 3.05) is 14.1 Å². The lowest BCUT2D eigenvalue weighted by molar-refractivity contribution is 0.0992. The fourth-order valence-electron chi connectivity index (χ4n) is 2.13. The van der Waals surface area contributed by atoms with Gasteiger partial charge in [-0.15, -0.1) is 0 Å². The van der Waals surface area contributed by atoms with E-state index < -0.39 is 10.9 Å². The van der Waals surface area contributed by atoms with E-state index in [0.29, 0.717) is 19.7 Å². The van der Waals surface area contributed by atoms with E-state index in [9.17, 15) is 14.7 Å². The first-order valence-electron chi connectivity index (χ1n) is 7.02. The molecule has 1 heterocycles. The summed E-state index contributed by atoms with van der Waals surface area (Å²) in [4.78, 5) is 26.5. The molecule has 8 heteroatoms. The summed E-state index contributed by atoms with van der Waals surface area (Å²) in [6, 6.07) is 3.05. The number of thioether (sulfide) groups is 1. The maximum atomic E-state index is 12.8. The number of fused-ring (bicyclic) bond motifs is 1. The number of rotatable bonds is 3. The van der Waals surface area contributed by atoms with Crippen LogP contribution >= 0.6 is 39.9 Å². The van der Waals surface area contributed by atoms with Crippen molar-refractivity contribution in [2.45, 2.75) is 19.1 Å². The predicted octanol–water partition coefficient (Wildman–Crippen LogP) is 3.72. The second kappa shape index (κ2) is 7.25. The van der Waals surface area contributed by atoms with Crippen LogP contribution in [0.4, 0.5) is 0 Å². The lowest BCUT2D eigenvalue weighted by atomic mass is 10.0. The first-order chi connectivity index (χ1) is 11.1. The van der Waals surface area contributed by atoms with Gasteiger partial charge < -0.3 is 14.4 Å². The maximum absolute atomic E-state index is 12.8. The van der Waals surface area contributed by atoms with E-state index in [2.05, 4.69) is 15.9 Å². The molecule has 1 N–H and O–H groups in total. The number of hydrogen-bond donors (Lipinski definition) is 1. The fourth-order valence-corrected chi connectivity index (χ4v) is 3.60. The van der Waals surface area contributed by atoms with Gasteiger partial charge in [0.2, 0.25) is 0 Å². The van der Waals surface area contributed by atoms with Gasteiger partial charge in [0.15, 0.2) is 11.4 Å². The summed E-state index contributed by atoms with van der Waals surface area (Å²) in [5.41, 5.74) is 0.152. The maximum Gasteiger partial charge on any atom is 0.350 e. The minimum absolute atomic E-state index is 0.00163. The molecular formula is C16H16BrNO4S2. The summed E-state index contributed by atoms with van der Waals surface area (Å²) in [5.74, 6) is -0.572. The quantitative estimate of drug-likeness (QED) is 0.452. The van der Waals surface area contributed by atoms with Crippen LogP contribution in [0.5, 0.6) is 5.75 Å². The summed E-state index contributed by atoms with van der Waals surface area (Å²) in [6.45, 7) is 3.44. The molecule has 0 saturated heterocycles. The molecule has 1 atom stereocenters. The van der Waals surface area contributed by atoms with Gasteiger partial charge in [-0.1, -0.05) is 24.0 Å². The number of halogens is 1. The number of ketones is 1. The molecule has 128 valence electrons. The standard InChI is InChI=1S/C16H16BrNO4S2/c1-7-9-5-6-10(19)11(14(9)22-15(21)12(7)17)13(20)8(2)24-16(23)18(3)4/h5-6,8,19H,1-4H3. The largest absolute Gasteiger partial charge is 0.507 e. The molecule has 5 nitrogen and oxygen atoms in total. The minimum atomic E-state index is -0.594. The zero-order valence-corrected chi connectivity index (χ0v) is 16.8. The topological polar surface area (TPSA) is 70.8 Å². The Kier molecular flexibility index (Phi) is 5.72. The van der Waals surface area contributed by atoms with Crippen LogP contribution in [0.1, 0.15) is 22.8 Å². The number of Topliss-reactive ketones (excluding diaryl/α,β-unsaturated/α-hetero) is 1. The first kappa shape index (κ1) is 19.0. The fraction of sp³-hybridized carbons (Fsp3) is 0.312. The van der Waals surface area contributed by atoms with Gasteiger partial charge in [-0.3, -0.25) is 4.79 Å². The number of nitrogens with zero attached hydrogens (tertiary/aromatic N) is 1. The Balaban J connectivity index is 2.59. The zero-order valence-electron chi connectivity index (χ0n) is 13.5. The van der Waals surface area contributed by atoms with Gasteiger partial charge in [-0.05, 0) is 47.5 Å². The number of phenolic OH excluding ortho intramolecular Hbond substituents is 1. The van der Waals surface area contributed by atoms with Crippen molar-refractivity contribution in [3.8, 4) is 5.75 Å². The van der Waals surface area contributed by atoms with Crippen molar-refractivity contribution >= 4 is 61.0 Å². The van der Waals surface area contributed by atoms with E-state index in [1.54, 1.807) is 38.9 Å². The van der Waals surface area contributed by atoms with Crippen LogP contribution in [0.25, 0.3) is 11.0 Å². The second-order valence-electron chi connectivity index (χ2n) is 5.45. The summed E-state index contributed by atoms with van der Waals surface area (Å²) < 4.78 is 6.13. The average molecular weight is 430 g/mol. The van der Waals surface area contributed by atoms with E-state index in [1.807, 2.05) is 0 Å². The molecule has 0 spiro atoms. The SMILES string of the molecule is Cc1c(Br)c(=O)oc2c(C(=O)C(C)SC(=S)N(C)C)c(O)ccc12. The Labute approximate surface area is 157 Å². The number of hydrogen-bond acceptors (Lipinski definition) is 6. The normalized spacial score (nSPS) is 12.2. The van der Waals surface area contributed by atoms with E-state index in [-0.39, 0.29) is 22.7 Å². The molecule has 2 rings (SSSR count). The van der Waals surface area contributed by atoms with Crippen molar-refractivity contribution in [1.82, 2.24) is 4.90 Å². The summed E-state index contributed by atoms with van der Waals surface area (Å²) in [5, 5.41) is 10.2. The Hall–Kier alpha value is -1.38. The van der Waals surface area contributed by atoms with Gasteiger partial charge in [-0.25, -0.2) is 4.79 Å². The average Bonchev–Trinajstić information content (AvgIpc) is 2.51. The van der Waals surface area contributed by atoms with Gasteiger partial charge in [0, 0.05) is 19.5 Å². The second-order valence-corrected chi connectivity index (χ2v) is 8.22. The van der Waals surface area contributed by atoms with Gasteiger partial charge in [0.05, 0.1) is 5.25 Å². The highest BCUT2D eigenvalue weighted by Crippen LogP contribution is 2.33. The summed E-state index contributed by atoms with van der Waals surface area (Å²) in [7, 11) is 3.59. The van der Waals surface area contributed by atoms with Crippen LogP contribution in [-0.2, 0) is 0 Å². The van der Waals surface area contributed by atoms with Crippen LogP contribution in [0.15, 0.2) is 25.8 Å². The molecule has 0 saturated carbocycles. The van der Waals surface area contributed by atoms with Crippen LogP contribution in [-0.4, -0.2) is 39.5 Å². The third-order valence-electron chi connectivity index (χ3n) is 3.50. The number of aromatic hydroxyl groups is 1. The highest BCUT2D eigenvalue weighted by atomic mass is 79.9. The highest BCUT2D eigenvalue weighted by Gasteiger charge is 2.26. The molecule has 24 heavy (non-hydrogen) atoms. The van der Waals surface area contributed by atoms with Crippen molar-refractivity contribution < 1.29 is 14.3 Å². The number of benzene rings is 1. The molecule has 1 aromatic heterocycles. The van der Waals surface area contributed by atoms with Crippen LogP contribution in [0.3, 0.4) is 0 Å². The molecule has 0 aliphatic rings. The van der Waals surface area contributed by atoms with Crippen LogP contribution in [0, 0.1) is 6.92 Å². The van der Waals surface area contributed by atoms with Gasteiger partial charge >= 0.3 is 5.63 Å². The van der Waals surface area contributed by atoms with Gasteiger partial charge in [0.25, 0.3) is 0 Å². The molecular weight excluding hydrogens is 414 g/mol. The Bertz CT molecular complexity index is 892. The summed E-state index contributed by atoms with van der Waals surface area (Å²) >= 11 is 9.59. The zero-order chi connectivity index (χ0) is 18.2. The van der Waals surface area contributed by atoms with Crippen LogP contribution in [0.2, 0.25) is 0 Å². The molecule has 0 aliphatic heterocycles. The first-order valence-corrected chi connectivity index (χ1v) is 9.10. The molecule has 0 fully saturated rings. The molecule has 0 radical (unpaired) electrons. The Morgan fingerprint density at radius 2 is 2.04 bits per heavy atom. The molecule has 0 amide bonds. The van der Waals surface area contributed by atoms with Crippen molar-refractivity contribution in [3.63, 3.8) is 0 Å². The van der Waals surface area contributed by atoms with Crippen molar-refractivity contribution in [2.24, 2.45) is 0 Å². The number of carbonyl (C=O) groups is 1. The smallest absolute Gasteiger partial charge is 0.350 e. The van der Waals surface area contributed by atoms with E-state index in [1.165, 1.54) is 17.8 Å². The van der Waals surface area contributed by atoms with Crippen molar-refractivity contribution in [3.05, 3.63) is 38.2 Å². The predicted molar refractivity (Wildman–Crippen MR) is 104 cm³/mol. The molecule has 0 bridgehead atoms. The number of aryl methyl sites for hydroxylation is 1.